The van der Waals surface area contributed by atoms with E-state index in [1.54, 1.807) is 48.7 Å². The van der Waals surface area contributed by atoms with Gasteiger partial charge >= 0.3 is 0 Å². The number of para-hydroxylation sites is 1. The van der Waals surface area contributed by atoms with Crippen LogP contribution in [0.3, 0.4) is 0 Å². The van der Waals surface area contributed by atoms with E-state index in [2.05, 4.69) is 4.98 Å². The number of amides is 1. The van der Waals surface area contributed by atoms with Crippen molar-refractivity contribution in [1.29, 1.82) is 0 Å². The fourth-order valence-corrected chi connectivity index (χ4v) is 3.98. The van der Waals surface area contributed by atoms with E-state index in [0.717, 1.165) is 11.1 Å². The Kier molecular flexibility index (Phi) is 4.32. The first kappa shape index (κ1) is 18.1. The minimum Gasteiger partial charge on any atom is -0.497 e. The number of rotatable bonds is 4. The molecule has 0 bridgehead atoms. The normalized spacial score (nSPS) is 15.4. The molecule has 0 N–H and O–H groups in total. The van der Waals surface area contributed by atoms with Crippen LogP contribution >= 0.6 is 0 Å². The summed E-state index contributed by atoms with van der Waals surface area (Å²) in [5.74, 6) is 0.430. The molecule has 0 saturated carbocycles. The number of fused-ring (bicyclic) bond motifs is 2. The maximum Gasteiger partial charge on any atom is 0.291 e. The van der Waals surface area contributed by atoms with E-state index >= 15 is 0 Å². The first-order valence-corrected chi connectivity index (χ1v) is 9.57. The molecule has 5 rings (SSSR count). The molecule has 1 atom stereocenters. The summed E-state index contributed by atoms with van der Waals surface area (Å²) in [7, 11) is 1.59. The fourth-order valence-electron chi connectivity index (χ4n) is 3.98. The zero-order valence-corrected chi connectivity index (χ0v) is 16.2. The van der Waals surface area contributed by atoms with Gasteiger partial charge in [-0.15, -0.1) is 0 Å². The van der Waals surface area contributed by atoms with Gasteiger partial charge in [0.2, 0.25) is 5.76 Å². The summed E-state index contributed by atoms with van der Waals surface area (Å²) in [5, 5.41) is 0.458. The number of aromatic nitrogens is 1. The van der Waals surface area contributed by atoms with Gasteiger partial charge in [-0.05, 0) is 41.5 Å². The van der Waals surface area contributed by atoms with Crippen LogP contribution in [0, 0.1) is 0 Å². The van der Waals surface area contributed by atoms with Gasteiger partial charge in [0.15, 0.2) is 5.43 Å². The molecule has 3 heterocycles. The summed E-state index contributed by atoms with van der Waals surface area (Å²) in [6.45, 7) is 0.300. The zero-order chi connectivity index (χ0) is 20.7. The average molecular weight is 398 g/mol. The fraction of sp³-hybridized carbons (Fsp3) is 0.125. The standard InChI is InChI=1S/C24H18N2O4/c1-29-17-8-4-7-16(12-17)21-20-22(27)18-9-2-3-10-19(18)30-23(20)24(28)26(21)14-15-6-5-11-25-13-15/h2-13,21H,14H2,1H3/t21-/m1/s1. The summed E-state index contributed by atoms with van der Waals surface area (Å²) < 4.78 is 11.3. The molecular formula is C24H18N2O4. The van der Waals surface area contributed by atoms with E-state index in [1.807, 2.05) is 36.4 Å². The van der Waals surface area contributed by atoms with Crippen molar-refractivity contribution in [3.63, 3.8) is 0 Å². The van der Waals surface area contributed by atoms with Gasteiger partial charge in [0.1, 0.15) is 11.3 Å². The van der Waals surface area contributed by atoms with E-state index in [9.17, 15) is 9.59 Å². The van der Waals surface area contributed by atoms with Crippen molar-refractivity contribution in [3.05, 3.63) is 106 Å². The molecule has 0 spiro atoms. The molecule has 30 heavy (non-hydrogen) atoms. The molecule has 0 unspecified atom stereocenters. The lowest BCUT2D eigenvalue weighted by atomic mass is 9.98. The zero-order valence-electron chi connectivity index (χ0n) is 16.2. The molecule has 0 aliphatic carbocycles. The van der Waals surface area contributed by atoms with Crippen LogP contribution in [0.25, 0.3) is 11.0 Å². The Labute approximate surface area is 172 Å². The van der Waals surface area contributed by atoms with Crippen molar-refractivity contribution < 1.29 is 13.9 Å². The van der Waals surface area contributed by atoms with Crippen molar-refractivity contribution >= 4 is 16.9 Å². The molecule has 1 amide bonds. The molecule has 2 aromatic carbocycles. The van der Waals surface area contributed by atoms with Crippen LogP contribution < -0.4 is 10.2 Å². The van der Waals surface area contributed by atoms with E-state index in [1.165, 1.54) is 0 Å². The molecule has 0 radical (unpaired) electrons. The summed E-state index contributed by atoms with van der Waals surface area (Å²) in [6.07, 6.45) is 3.39. The van der Waals surface area contributed by atoms with Gasteiger partial charge in [-0.2, -0.15) is 0 Å². The van der Waals surface area contributed by atoms with E-state index in [-0.39, 0.29) is 17.1 Å². The number of hydrogen-bond acceptors (Lipinski definition) is 5. The lowest BCUT2D eigenvalue weighted by Crippen LogP contribution is -2.29. The average Bonchev–Trinajstić information content (AvgIpc) is 3.06. The molecule has 1 aliphatic rings. The van der Waals surface area contributed by atoms with Crippen LogP contribution in [0.1, 0.15) is 33.3 Å². The quantitative estimate of drug-likeness (QED) is 0.521. The molecule has 148 valence electrons. The minimum atomic E-state index is -0.580. The van der Waals surface area contributed by atoms with Crippen molar-refractivity contribution in [3.8, 4) is 5.75 Å². The summed E-state index contributed by atoms with van der Waals surface area (Å²) in [5.41, 5.74) is 2.22. The predicted octanol–water partition coefficient (Wildman–Crippen LogP) is 3.94. The molecule has 4 aromatic rings. The highest BCUT2D eigenvalue weighted by Crippen LogP contribution is 2.39. The largest absolute Gasteiger partial charge is 0.497 e. The Morgan fingerprint density at radius 3 is 2.73 bits per heavy atom. The van der Waals surface area contributed by atoms with Gasteiger partial charge in [0, 0.05) is 18.9 Å². The lowest BCUT2D eigenvalue weighted by molar-refractivity contribution is 0.0714. The van der Waals surface area contributed by atoms with Gasteiger partial charge in [-0.25, -0.2) is 0 Å². The molecule has 1 aliphatic heterocycles. The Hall–Kier alpha value is -3.93. The number of hydrogen-bond donors (Lipinski definition) is 0. The number of methoxy groups -OCH3 is 1. The molecule has 6 heteroatoms. The number of nitrogens with zero attached hydrogens (tertiary/aromatic N) is 2. The summed E-state index contributed by atoms with van der Waals surface area (Å²) in [4.78, 5) is 32.6. The Morgan fingerprint density at radius 1 is 1.07 bits per heavy atom. The first-order valence-electron chi connectivity index (χ1n) is 9.57. The third-order valence-electron chi connectivity index (χ3n) is 5.36. The van der Waals surface area contributed by atoms with Crippen LogP contribution in [0.4, 0.5) is 0 Å². The number of carbonyl (C=O) groups is 1. The highest BCUT2D eigenvalue weighted by Gasteiger charge is 2.42. The Morgan fingerprint density at radius 2 is 1.93 bits per heavy atom. The predicted molar refractivity (Wildman–Crippen MR) is 111 cm³/mol. The second kappa shape index (κ2) is 7.15. The Bertz CT molecular complexity index is 1310. The van der Waals surface area contributed by atoms with Gasteiger partial charge in [0.25, 0.3) is 5.91 Å². The number of benzene rings is 2. The molecule has 6 nitrogen and oxygen atoms in total. The Balaban J connectivity index is 1.74. The highest BCUT2D eigenvalue weighted by atomic mass is 16.5. The van der Waals surface area contributed by atoms with Gasteiger partial charge in [-0.1, -0.05) is 30.3 Å². The number of pyridine rings is 1. The topological polar surface area (TPSA) is 72.6 Å². The van der Waals surface area contributed by atoms with Crippen LogP contribution in [0.2, 0.25) is 0 Å². The highest BCUT2D eigenvalue weighted by molar-refractivity contribution is 5.99. The third-order valence-corrected chi connectivity index (χ3v) is 5.36. The van der Waals surface area contributed by atoms with Gasteiger partial charge < -0.3 is 14.1 Å². The first-order chi connectivity index (χ1) is 14.7. The molecule has 0 fully saturated rings. The van der Waals surface area contributed by atoms with Crippen molar-refractivity contribution in [1.82, 2.24) is 9.88 Å². The van der Waals surface area contributed by atoms with Crippen molar-refractivity contribution in [2.75, 3.05) is 7.11 Å². The minimum absolute atomic E-state index is 0.0930. The van der Waals surface area contributed by atoms with Crippen LogP contribution in [-0.4, -0.2) is 22.9 Å². The van der Waals surface area contributed by atoms with Crippen LogP contribution in [0.15, 0.2) is 82.3 Å². The monoisotopic (exact) mass is 398 g/mol. The maximum absolute atomic E-state index is 13.4. The van der Waals surface area contributed by atoms with Gasteiger partial charge in [0.05, 0.1) is 24.1 Å². The molecular weight excluding hydrogens is 380 g/mol. The van der Waals surface area contributed by atoms with E-state index < -0.39 is 6.04 Å². The van der Waals surface area contributed by atoms with Crippen molar-refractivity contribution in [2.45, 2.75) is 12.6 Å². The second-order valence-corrected chi connectivity index (χ2v) is 7.14. The molecule has 2 aromatic heterocycles. The smallest absolute Gasteiger partial charge is 0.291 e. The SMILES string of the molecule is COc1cccc([C@@H]2c3c(oc4ccccc4c3=O)C(=O)N2Cc2cccnc2)c1. The van der Waals surface area contributed by atoms with Gasteiger partial charge in [-0.3, -0.25) is 14.6 Å². The van der Waals surface area contributed by atoms with Crippen molar-refractivity contribution in [2.24, 2.45) is 0 Å². The molecule has 0 saturated heterocycles. The summed E-state index contributed by atoms with van der Waals surface area (Å²) >= 11 is 0. The van der Waals surface area contributed by atoms with Crippen LogP contribution in [-0.2, 0) is 6.54 Å². The number of ether oxygens (including phenoxy) is 1. The lowest BCUT2D eigenvalue weighted by Gasteiger charge is -2.25. The van der Waals surface area contributed by atoms with E-state index in [0.29, 0.717) is 28.8 Å². The summed E-state index contributed by atoms with van der Waals surface area (Å²) in [6, 6.07) is 17.5. The maximum atomic E-state index is 13.4. The van der Waals surface area contributed by atoms with Crippen LogP contribution in [0.5, 0.6) is 5.75 Å². The second-order valence-electron chi connectivity index (χ2n) is 7.14. The number of carbonyl (C=O) groups excluding carboxylic acids is 1. The van der Waals surface area contributed by atoms with E-state index in [4.69, 9.17) is 9.15 Å². The third kappa shape index (κ3) is 2.85.